The molecule has 0 aliphatic heterocycles. The molecule has 1 heterocycles. The molecule has 1 aliphatic rings. The largest absolute Gasteiger partial charge is 0.397 e. The van der Waals surface area contributed by atoms with Crippen LogP contribution < -0.4 is 16.4 Å². The monoisotopic (exact) mass is 239 g/mol. The van der Waals surface area contributed by atoms with Gasteiger partial charge in [-0.3, -0.25) is 4.79 Å². The van der Waals surface area contributed by atoms with Crippen molar-refractivity contribution in [2.24, 2.45) is 5.92 Å². The molecule has 5 heteroatoms. The van der Waals surface area contributed by atoms with Crippen LogP contribution in [0.5, 0.6) is 0 Å². The topological polar surface area (TPSA) is 67.2 Å². The summed E-state index contributed by atoms with van der Waals surface area (Å²) in [5.41, 5.74) is 6.37. The fraction of sp³-hybridized carbons (Fsp3) is 0.545. The molecule has 0 bridgehead atoms. The highest BCUT2D eigenvalue weighted by Gasteiger charge is 2.21. The molecule has 1 aliphatic carbocycles. The molecule has 4 nitrogen and oxygen atoms in total. The van der Waals surface area contributed by atoms with Crippen LogP contribution in [0, 0.1) is 5.92 Å². The lowest BCUT2D eigenvalue weighted by Gasteiger charge is -2.00. The Balaban J connectivity index is 1.98. The summed E-state index contributed by atoms with van der Waals surface area (Å²) < 4.78 is 0. The minimum absolute atomic E-state index is 0.0792. The number of amides is 1. The first-order valence-electron chi connectivity index (χ1n) is 5.62. The SMILES string of the molecule is CCNC(=O)c1sc(NCC2CC2)cc1N. The van der Waals surface area contributed by atoms with Gasteiger partial charge in [0.15, 0.2) is 0 Å². The number of hydrogen-bond acceptors (Lipinski definition) is 4. The second kappa shape index (κ2) is 4.74. The molecule has 0 saturated heterocycles. The minimum Gasteiger partial charge on any atom is -0.397 e. The standard InChI is InChI=1S/C11H17N3OS/c1-2-13-11(15)10-8(12)5-9(16-10)14-6-7-3-4-7/h5,7,14H,2-4,6,12H2,1H3,(H,13,15). The van der Waals surface area contributed by atoms with Crippen molar-refractivity contribution < 1.29 is 4.79 Å². The van der Waals surface area contributed by atoms with E-state index in [1.165, 1.54) is 24.2 Å². The lowest BCUT2D eigenvalue weighted by molar-refractivity contribution is 0.0960. The first-order valence-corrected chi connectivity index (χ1v) is 6.43. The van der Waals surface area contributed by atoms with Crippen LogP contribution in [0.15, 0.2) is 6.07 Å². The Morgan fingerprint density at radius 1 is 1.62 bits per heavy atom. The summed E-state index contributed by atoms with van der Waals surface area (Å²) >= 11 is 1.43. The molecule has 0 unspecified atom stereocenters. The summed E-state index contributed by atoms with van der Waals surface area (Å²) in [6.45, 7) is 3.52. The molecule has 1 fully saturated rings. The maximum absolute atomic E-state index is 11.6. The highest BCUT2D eigenvalue weighted by Crippen LogP contribution is 2.32. The molecular weight excluding hydrogens is 222 g/mol. The van der Waals surface area contributed by atoms with E-state index in [0.717, 1.165) is 17.5 Å². The molecule has 1 aromatic heterocycles. The normalized spacial score (nSPS) is 14.8. The first-order chi connectivity index (χ1) is 7.70. The van der Waals surface area contributed by atoms with Crippen molar-refractivity contribution in [2.45, 2.75) is 19.8 Å². The fourth-order valence-electron chi connectivity index (χ4n) is 1.48. The molecule has 2 rings (SSSR count). The highest BCUT2D eigenvalue weighted by molar-refractivity contribution is 7.18. The van der Waals surface area contributed by atoms with Crippen LogP contribution in [0.2, 0.25) is 0 Å². The Kier molecular flexibility index (Phi) is 3.33. The maximum Gasteiger partial charge on any atom is 0.263 e. The third-order valence-electron chi connectivity index (χ3n) is 2.57. The van der Waals surface area contributed by atoms with Crippen molar-refractivity contribution in [1.82, 2.24) is 5.32 Å². The quantitative estimate of drug-likeness (QED) is 0.735. The first kappa shape index (κ1) is 11.3. The van der Waals surface area contributed by atoms with Crippen LogP contribution in [-0.2, 0) is 0 Å². The molecule has 1 amide bonds. The van der Waals surface area contributed by atoms with E-state index < -0.39 is 0 Å². The molecule has 0 spiro atoms. The number of thiophene rings is 1. The number of hydrogen-bond donors (Lipinski definition) is 3. The summed E-state index contributed by atoms with van der Waals surface area (Å²) in [6.07, 6.45) is 2.63. The van der Waals surface area contributed by atoms with Crippen LogP contribution in [-0.4, -0.2) is 19.0 Å². The van der Waals surface area contributed by atoms with Crippen LogP contribution in [0.25, 0.3) is 0 Å². The summed E-state index contributed by atoms with van der Waals surface area (Å²) in [5.74, 6) is 0.737. The van der Waals surface area contributed by atoms with Gasteiger partial charge < -0.3 is 16.4 Å². The summed E-state index contributed by atoms with van der Waals surface area (Å²) in [7, 11) is 0. The minimum atomic E-state index is -0.0792. The van der Waals surface area contributed by atoms with Crippen molar-refractivity contribution in [3.8, 4) is 0 Å². The smallest absolute Gasteiger partial charge is 0.263 e. The summed E-state index contributed by atoms with van der Waals surface area (Å²) in [6, 6.07) is 1.84. The fourth-order valence-corrected chi connectivity index (χ4v) is 2.38. The molecule has 0 atom stereocenters. The van der Waals surface area contributed by atoms with E-state index in [1.54, 1.807) is 0 Å². The summed E-state index contributed by atoms with van der Waals surface area (Å²) in [5, 5.41) is 7.07. The van der Waals surface area contributed by atoms with Gasteiger partial charge in [-0.25, -0.2) is 0 Å². The predicted octanol–water partition coefficient (Wildman–Crippen LogP) is 1.90. The van der Waals surface area contributed by atoms with E-state index in [1.807, 2.05) is 13.0 Å². The maximum atomic E-state index is 11.6. The zero-order chi connectivity index (χ0) is 11.5. The zero-order valence-corrected chi connectivity index (χ0v) is 10.2. The average Bonchev–Trinajstić information content (AvgIpc) is 3.00. The second-order valence-electron chi connectivity index (χ2n) is 4.08. The van der Waals surface area contributed by atoms with Gasteiger partial charge in [-0.15, -0.1) is 11.3 Å². The van der Waals surface area contributed by atoms with E-state index in [2.05, 4.69) is 10.6 Å². The zero-order valence-electron chi connectivity index (χ0n) is 9.38. The van der Waals surface area contributed by atoms with Crippen LogP contribution in [0.4, 0.5) is 10.7 Å². The van der Waals surface area contributed by atoms with E-state index in [0.29, 0.717) is 17.1 Å². The van der Waals surface area contributed by atoms with E-state index in [9.17, 15) is 4.79 Å². The highest BCUT2D eigenvalue weighted by atomic mass is 32.1. The molecule has 1 aromatic rings. The van der Waals surface area contributed by atoms with Crippen molar-refractivity contribution in [2.75, 3.05) is 24.1 Å². The number of carbonyl (C=O) groups excluding carboxylic acids is 1. The predicted molar refractivity (Wildman–Crippen MR) is 68.0 cm³/mol. The molecule has 16 heavy (non-hydrogen) atoms. The second-order valence-corrected chi connectivity index (χ2v) is 5.13. The van der Waals surface area contributed by atoms with E-state index in [-0.39, 0.29) is 5.91 Å². The van der Waals surface area contributed by atoms with Gasteiger partial charge in [0.25, 0.3) is 5.91 Å². The van der Waals surface area contributed by atoms with Crippen molar-refractivity contribution in [3.63, 3.8) is 0 Å². The van der Waals surface area contributed by atoms with Crippen LogP contribution in [0.1, 0.15) is 29.4 Å². The van der Waals surface area contributed by atoms with Crippen LogP contribution in [0.3, 0.4) is 0 Å². The molecule has 0 aromatic carbocycles. The molecule has 88 valence electrons. The number of rotatable bonds is 5. The van der Waals surface area contributed by atoms with Crippen molar-refractivity contribution in [1.29, 1.82) is 0 Å². The van der Waals surface area contributed by atoms with Gasteiger partial charge in [-0.2, -0.15) is 0 Å². The summed E-state index contributed by atoms with van der Waals surface area (Å²) in [4.78, 5) is 12.2. The van der Waals surface area contributed by atoms with E-state index in [4.69, 9.17) is 5.73 Å². The van der Waals surface area contributed by atoms with Crippen LogP contribution >= 0.6 is 11.3 Å². The molecule has 4 N–H and O–H groups in total. The molecule has 0 radical (unpaired) electrons. The van der Waals surface area contributed by atoms with Gasteiger partial charge in [-0.05, 0) is 31.7 Å². The van der Waals surface area contributed by atoms with Gasteiger partial charge in [0.2, 0.25) is 0 Å². The lowest BCUT2D eigenvalue weighted by atomic mass is 10.3. The molecule has 1 saturated carbocycles. The number of carbonyl (C=O) groups is 1. The van der Waals surface area contributed by atoms with Gasteiger partial charge in [0.1, 0.15) is 4.88 Å². The van der Waals surface area contributed by atoms with Gasteiger partial charge in [-0.1, -0.05) is 0 Å². The Hall–Kier alpha value is -1.23. The number of nitrogens with two attached hydrogens (primary N) is 1. The molecular formula is C11H17N3OS. The third kappa shape index (κ3) is 2.66. The van der Waals surface area contributed by atoms with E-state index >= 15 is 0 Å². The Labute approximate surface area is 99.2 Å². The van der Waals surface area contributed by atoms with Gasteiger partial charge >= 0.3 is 0 Å². The number of nitrogens with one attached hydrogen (secondary N) is 2. The van der Waals surface area contributed by atoms with Gasteiger partial charge in [0, 0.05) is 13.1 Å². The Morgan fingerprint density at radius 2 is 2.38 bits per heavy atom. The Morgan fingerprint density at radius 3 is 3.00 bits per heavy atom. The number of nitrogen functional groups attached to an aromatic ring is 1. The van der Waals surface area contributed by atoms with Gasteiger partial charge in [0.05, 0.1) is 10.7 Å². The average molecular weight is 239 g/mol. The number of anilines is 2. The third-order valence-corrected chi connectivity index (χ3v) is 3.67. The lowest BCUT2D eigenvalue weighted by Crippen LogP contribution is -2.22. The van der Waals surface area contributed by atoms with Crippen molar-refractivity contribution in [3.05, 3.63) is 10.9 Å². The Bertz CT molecular complexity index is 385. The van der Waals surface area contributed by atoms with Crippen molar-refractivity contribution >= 4 is 27.9 Å².